The van der Waals surface area contributed by atoms with E-state index >= 15 is 0 Å². The molecule has 2 aromatic rings. The molecule has 1 saturated heterocycles. The van der Waals surface area contributed by atoms with Gasteiger partial charge in [-0.2, -0.15) is 0 Å². The Kier molecular flexibility index (Phi) is 7.37. The first-order valence-electron chi connectivity index (χ1n) is 8.43. The van der Waals surface area contributed by atoms with Crippen LogP contribution >= 0.6 is 0 Å². The van der Waals surface area contributed by atoms with Crippen LogP contribution < -0.4 is 0 Å². The summed E-state index contributed by atoms with van der Waals surface area (Å²) in [6.45, 7) is 8.64. The number of benzene rings is 1. The van der Waals surface area contributed by atoms with E-state index in [-0.39, 0.29) is 0 Å². The lowest BCUT2D eigenvalue weighted by atomic mass is 10.1. The summed E-state index contributed by atoms with van der Waals surface area (Å²) in [6.07, 6.45) is 1.75. The Bertz CT molecular complexity index is 677. The van der Waals surface area contributed by atoms with Crippen LogP contribution in [0.25, 0.3) is 0 Å². The van der Waals surface area contributed by atoms with Crippen molar-refractivity contribution in [3.8, 4) is 0 Å². The van der Waals surface area contributed by atoms with E-state index in [1.807, 2.05) is 6.07 Å². The van der Waals surface area contributed by atoms with Gasteiger partial charge in [-0.25, -0.2) is 9.59 Å². The van der Waals surface area contributed by atoms with Crippen LogP contribution in [0.5, 0.6) is 0 Å². The topological polar surface area (TPSA) is 94.2 Å². The van der Waals surface area contributed by atoms with E-state index in [1.54, 1.807) is 6.26 Å². The van der Waals surface area contributed by atoms with Gasteiger partial charge in [-0.3, -0.25) is 9.80 Å². The molecule has 0 spiro atoms. The summed E-state index contributed by atoms with van der Waals surface area (Å²) < 4.78 is 5.41. The molecular weight excluding hydrogens is 336 g/mol. The van der Waals surface area contributed by atoms with Gasteiger partial charge in [0, 0.05) is 32.7 Å². The maximum atomic E-state index is 9.10. The Labute approximate surface area is 152 Å². The molecule has 0 amide bonds. The van der Waals surface area contributed by atoms with Crippen molar-refractivity contribution in [2.24, 2.45) is 0 Å². The number of carboxylic acid groups (broad SMARTS) is 2. The molecule has 1 aromatic heterocycles. The van der Waals surface area contributed by atoms with Crippen molar-refractivity contribution in [1.29, 1.82) is 0 Å². The summed E-state index contributed by atoms with van der Waals surface area (Å²) in [5.74, 6) is -2.58. The minimum absolute atomic E-state index is 0.936. The lowest BCUT2D eigenvalue weighted by Crippen LogP contribution is -2.45. The molecule has 1 fully saturated rings. The van der Waals surface area contributed by atoms with Crippen molar-refractivity contribution < 1.29 is 24.2 Å². The van der Waals surface area contributed by atoms with E-state index < -0.39 is 11.9 Å². The van der Waals surface area contributed by atoms with Crippen LogP contribution in [-0.2, 0) is 22.7 Å². The van der Waals surface area contributed by atoms with Crippen molar-refractivity contribution in [3.05, 3.63) is 59.5 Å². The largest absolute Gasteiger partial charge is 0.473 e. The Morgan fingerprint density at radius 3 is 1.92 bits per heavy atom. The number of nitrogens with zero attached hydrogens (tertiary/aromatic N) is 2. The van der Waals surface area contributed by atoms with Crippen molar-refractivity contribution >= 4 is 11.9 Å². The smallest absolute Gasteiger partial charge is 0.414 e. The molecule has 3 rings (SSSR count). The number of hydrogen-bond acceptors (Lipinski definition) is 5. The maximum Gasteiger partial charge on any atom is 0.414 e. The Morgan fingerprint density at radius 1 is 0.923 bits per heavy atom. The average molecular weight is 360 g/mol. The number of carboxylic acids is 2. The van der Waals surface area contributed by atoms with Crippen LogP contribution in [0, 0.1) is 6.92 Å². The zero-order valence-electron chi connectivity index (χ0n) is 14.8. The van der Waals surface area contributed by atoms with Crippen molar-refractivity contribution in [2.45, 2.75) is 20.0 Å². The summed E-state index contributed by atoms with van der Waals surface area (Å²) in [5, 5.41) is 14.8. The zero-order valence-corrected chi connectivity index (χ0v) is 14.8. The Hall–Kier alpha value is -2.64. The van der Waals surface area contributed by atoms with Crippen LogP contribution in [0.2, 0.25) is 0 Å². The van der Waals surface area contributed by atoms with Gasteiger partial charge in [-0.15, -0.1) is 0 Å². The average Bonchev–Trinajstić information content (AvgIpc) is 3.12. The molecule has 7 nitrogen and oxygen atoms in total. The van der Waals surface area contributed by atoms with Crippen LogP contribution in [0.15, 0.2) is 47.1 Å². The van der Waals surface area contributed by atoms with Gasteiger partial charge in [0.05, 0.1) is 12.8 Å². The van der Waals surface area contributed by atoms with Gasteiger partial charge in [0.2, 0.25) is 0 Å². The van der Waals surface area contributed by atoms with Gasteiger partial charge in [-0.1, -0.05) is 29.8 Å². The van der Waals surface area contributed by atoms with E-state index in [9.17, 15) is 0 Å². The highest BCUT2D eigenvalue weighted by Crippen LogP contribution is 2.12. The second-order valence-corrected chi connectivity index (χ2v) is 6.23. The molecule has 1 aliphatic heterocycles. The van der Waals surface area contributed by atoms with Gasteiger partial charge in [-0.05, 0) is 24.6 Å². The number of rotatable bonds is 4. The standard InChI is InChI=1S/C17H22N2O.C2H2O4/c1-15-4-6-16(7-5-15)13-18-8-10-19(11-9-18)14-17-3-2-12-20-17;3-1(4)2(5)6/h2-7,12H,8-11,13-14H2,1H3;(H,3,4)(H,5,6). The first kappa shape index (κ1) is 19.7. The summed E-state index contributed by atoms with van der Waals surface area (Å²) in [4.78, 5) is 23.2. The minimum atomic E-state index is -1.82. The molecule has 1 aromatic carbocycles. The van der Waals surface area contributed by atoms with Crippen LogP contribution in [-0.4, -0.2) is 58.1 Å². The molecule has 1 aliphatic rings. The third kappa shape index (κ3) is 6.70. The summed E-state index contributed by atoms with van der Waals surface area (Å²) in [6, 6.07) is 12.9. The number of piperazine rings is 1. The van der Waals surface area contributed by atoms with E-state index in [0.717, 1.165) is 45.0 Å². The maximum absolute atomic E-state index is 9.10. The zero-order chi connectivity index (χ0) is 18.9. The molecule has 0 bridgehead atoms. The molecule has 0 radical (unpaired) electrons. The van der Waals surface area contributed by atoms with E-state index in [1.165, 1.54) is 11.1 Å². The molecule has 2 N–H and O–H groups in total. The first-order chi connectivity index (χ1) is 12.4. The molecule has 2 heterocycles. The van der Waals surface area contributed by atoms with Gasteiger partial charge >= 0.3 is 11.9 Å². The lowest BCUT2D eigenvalue weighted by Gasteiger charge is -2.34. The van der Waals surface area contributed by atoms with E-state index in [0.29, 0.717) is 0 Å². The van der Waals surface area contributed by atoms with Crippen molar-refractivity contribution in [3.63, 3.8) is 0 Å². The summed E-state index contributed by atoms with van der Waals surface area (Å²) in [7, 11) is 0. The van der Waals surface area contributed by atoms with Crippen molar-refractivity contribution in [1.82, 2.24) is 9.80 Å². The predicted octanol–water partition coefficient (Wildman–Crippen LogP) is 2.06. The molecular formula is C19H24N2O5. The molecule has 0 unspecified atom stereocenters. The quantitative estimate of drug-likeness (QED) is 0.806. The fraction of sp³-hybridized carbons (Fsp3) is 0.368. The minimum Gasteiger partial charge on any atom is -0.473 e. The second kappa shape index (κ2) is 9.74. The molecule has 26 heavy (non-hydrogen) atoms. The van der Waals surface area contributed by atoms with E-state index in [2.05, 4.69) is 47.1 Å². The number of carbonyl (C=O) groups is 2. The molecule has 0 atom stereocenters. The Balaban J connectivity index is 0.000000352. The number of aryl methyl sites for hydroxylation is 1. The van der Waals surface area contributed by atoms with Gasteiger partial charge in [0.15, 0.2) is 0 Å². The molecule has 0 aliphatic carbocycles. The SMILES string of the molecule is Cc1ccc(CN2CCN(Cc3ccco3)CC2)cc1.O=C(O)C(=O)O. The van der Waals surface area contributed by atoms with Crippen LogP contribution in [0.4, 0.5) is 0 Å². The normalized spacial score (nSPS) is 15.1. The number of furan rings is 1. The van der Waals surface area contributed by atoms with Gasteiger partial charge < -0.3 is 14.6 Å². The highest BCUT2D eigenvalue weighted by Gasteiger charge is 2.17. The van der Waals surface area contributed by atoms with Crippen LogP contribution in [0.1, 0.15) is 16.9 Å². The monoisotopic (exact) mass is 360 g/mol. The summed E-state index contributed by atoms with van der Waals surface area (Å²) >= 11 is 0. The third-order valence-corrected chi connectivity index (χ3v) is 4.13. The van der Waals surface area contributed by atoms with Gasteiger partial charge in [0.1, 0.15) is 5.76 Å². The fourth-order valence-corrected chi connectivity index (χ4v) is 2.68. The highest BCUT2D eigenvalue weighted by atomic mass is 16.4. The molecule has 0 saturated carbocycles. The Morgan fingerprint density at radius 2 is 1.46 bits per heavy atom. The van der Waals surface area contributed by atoms with Crippen molar-refractivity contribution in [2.75, 3.05) is 26.2 Å². The van der Waals surface area contributed by atoms with E-state index in [4.69, 9.17) is 24.2 Å². The molecule has 7 heteroatoms. The fourth-order valence-electron chi connectivity index (χ4n) is 2.68. The van der Waals surface area contributed by atoms with Crippen LogP contribution in [0.3, 0.4) is 0 Å². The number of aliphatic carboxylic acids is 2. The second-order valence-electron chi connectivity index (χ2n) is 6.23. The van der Waals surface area contributed by atoms with Gasteiger partial charge in [0.25, 0.3) is 0 Å². The highest BCUT2D eigenvalue weighted by molar-refractivity contribution is 6.27. The summed E-state index contributed by atoms with van der Waals surface area (Å²) in [5.41, 5.74) is 2.74. The third-order valence-electron chi connectivity index (χ3n) is 4.13. The lowest BCUT2D eigenvalue weighted by molar-refractivity contribution is -0.159. The first-order valence-corrected chi connectivity index (χ1v) is 8.43. The molecule has 140 valence electrons. The number of hydrogen-bond donors (Lipinski definition) is 2. The predicted molar refractivity (Wildman–Crippen MR) is 95.7 cm³/mol.